The second-order valence-electron chi connectivity index (χ2n) is 10.4. The van der Waals surface area contributed by atoms with Crippen LogP contribution in [0, 0.1) is 17.8 Å². The normalized spacial score (nSPS) is 26.2. The molecule has 0 unspecified atom stereocenters. The number of imide groups is 1. The standard InChI is InChI=1S/C29H28BrNO8/c1-39-22-11-14(6-9-20(22)32)24-15-7-8-16-25(17(15)12-18-26(24)21(33)13-19(30)27(18)36)29(38)31(28(16)37)10-4-2-3-5-23(34)35/h6-7,9,11,13,16-17,24-25,32H,2-5,8,10,12H2,1H3,(H,34,35)/t16-,17+,24-,25-/m0/s1. The second kappa shape index (κ2) is 10.6. The third-order valence-corrected chi connectivity index (χ3v) is 8.82. The van der Waals surface area contributed by atoms with Gasteiger partial charge < -0.3 is 14.9 Å². The summed E-state index contributed by atoms with van der Waals surface area (Å²) >= 11 is 3.21. The van der Waals surface area contributed by atoms with E-state index in [4.69, 9.17) is 9.84 Å². The lowest BCUT2D eigenvalue weighted by atomic mass is 9.59. The average molecular weight is 598 g/mol. The van der Waals surface area contributed by atoms with Gasteiger partial charge >= 0.3 is 5.97 Å². The van der Waals surface area contributed by atoms with Gasteiger partial charge in [-0.05, 0) is 65.2 Å². The van der Waals surface area contributed by atoms with Crippen LogP contribution in [0.3, 0.4) is 0 Å². The molecule has 0 bridgehead atoms. The zero-order chi connectivity index (χ0) is 28.0. The Labute approximate surface area is 233 Å². The Morgan fingerprint density at radius 3 is 2.59 bits per heavy atom. The molecule has 0 radical (unpaired) electrons. The summed E-state index contributed by atoms with van der Waals surface area (Å²) < 4.78 is 5.46. The number of unbranched alkanes of at least 4 members (excludes halogenated alkanes) is 2. The number of halogens is 1. The van der Waals surface area contributed by atoms with Crippen LogP contribution in [-0.2, 0) is 24.0 Å². The minimum atomic E-state index is -0.878. The molecule has 2 amide bonds. The molecule has 1 saturated heterocycles. The number of amides is 2. The van der Waals surface area contributed by atoms with Gasteiger partial charge in [-0.1, -0.05) is 24.1 Å². The number of phenolic OH excluding ortho intramolecular Hbond substituents is 1. The van der Waals surface area contributed by atoms with Gasteiger partial charge in [0.2, 0.25) is 11.8 Å². The molecule has 9 nitrogen and oxygen atoms in total. The number of hydrogen-bond acceptors (Lipinski definition) is 7. The van der Waals surface area contributed by atoms with Crippen LogP contribution in [-0.4, -0.2) is 58.1 Å². The summed E-state index contributed by atoms with van der Waals surface area (Å²) in [5.74, 6) is -4.13. The molecule has 1 aromatic carbocycles. The highest BCUT2D eigenvalue weighted by Gasteiger charge is 2.56. The number of carbonyl (C=O) groups excluding carboxylic acids is 4. The van der Waals surface area contributed by atoms with Crippen molar-refractivity contribution < 1.29 is 38.9 Å². The number of ketones is 2. The van der Waals surface area contributed by atoms with Gasteiger partial charge in [0.15, 0.2) is 23.1 Å². The van der Waals surface area contributed by atoms with Crippen molar-refractivity contribution in [3.05, 3.63) is 57.1 Å². The van der Waals surface area contributed by atoms with E-state index in [1.165, 1.54) is 24.2 Å². The van der Waals surface area contributed by atoms with Crippen LogP contribution in [0.15, 0.2) is 51.6 Å². The van der Waals surface area contributed by atoms with Gasteiger partial charge in [0, 0.05) is 36.1 Å². The highest BCUT2D eigenvalue weighted by molar-refractivity contribution is 9.12. The molecule has 1 heterocycles. The summed E-state index contributed by atoms with van der Waals surface area (Å²) in [5.41, 5.74) is 2.15. The summed E-state index contributed by atoms with van der Waals surface area (Å²) in [6.07, 6.45) is 5.34. The highest BCUT2D eigenvalue weighted by atomic mass is 79.9. The number of methoxy groups -OCH3 is 1. The van der Waals surface area contributed by atoms with Crippen LogP contribution < -0.4 is 4.74 Å². The number of hydrogen-bond donors (Lipinski definition) is 2. The van der Waals surface area contributed by atoms with E-state index < -0.39 is 29.6 Å². The molecular weight excluding hydrogens is 570 g/mol. The van der Waals surface area contributed by atoms with E-state index in [1.54, 1.807) is 12.1 Å². The molecule has 39 heavy (non-hydrogen) atoms. The summed E-state index contributed by atoms with van der Waals surface area (Å²) in [5, 5.41) is 19.0. The first kappa shape index (κ1) is 27.1. The quantitative estimate of drug-likeness (QED) is 0.200. The van der Waals surface area contributed by atoms with E-state index in [1.807, 2.05) is 6.08 Å². The molecule has 10 heteroatoms. The van der Waals surface area contributed by atoms with Crippen LogP contribution in [0.1, 0.15) is 50.0 Å². The summed E-state index contributed by atoms with van der Waals surface area (Å²) in [6.45, 7) is 0.227. The monoisotopic (exact) mass is 597 g/mol. The lowest BCUT2D eigenvalue weighted by Crippen LogP contribution is -2.39. The number of aliphatic carboxylic acids is 1. The average Bonchev–Trinajstić information content (AvgIpc) is 3.15. The Morgan fingerprint density at radius 1 is 1.10 bits per heavy atom. The fraction of sp³-hybridized carbons (Fsp3) is 0.414. The van der Waals surface area contributed by atoms with Crippen LogP contribution in [0.2, 0.25) is 0 Å². The van der Waals surface area contributed by atoms with Crippen molar-refractivity contribution in [3.63, 3.8) is 0 Å². The fourth-order valence-corrected chi connectivity index (χ4v) is 6.92. The number of carboxylic acid groups (broad SMARTS) is 1. The maximum atomic E-state index is 13.7. The number of carbonyl (C=O) groups is 5. The minimum Gasteiger partial charge on any atom is -0.504 e. The van der Waals surface area contributed by atoms with Crippen molar-refractivity contribution in [1.82, 2.24) is 4.90 Å². The van der Waals surface area contributed by atoms with Crippen molar-refractivity contribution in [2.24, 2.45) is 17.8 Å². The Morgan fingerprint density at radius 2 is 1.87 bits per heavy atom. The Kier molecular flexibility index (Phi) is 7.33. The van der Waals surface area contributed by atoms with E-state index >= 15 is 0 Å². The number of benzene rings is 1. The van der Waals surface area contributed by atoms with Gasteiger partial charge in [-0.25, -0.2) is 0 Å². The van der Waals surface area contributed by atoms with E-state index in [0.29, 0.717) is 42.4 Å². The molecule has 204 valence electrons. The summed E-state index contributed by atoms with van der Waals surface area (Å²) in [6, 6.07) is 4.79. The SMILES string of the molecule is COc1cc([C@H]2C3=CC[C@@H]4C(=O)N(CCCCCC(=O)O)C(=O)[C@@H]4[C@@H]3CC3=C2C(=O)C=C(Br)C3=O)ccc1O. The largest absolute Gasteiger partial charge is 0.504 e. The first-order valence-corrected chi connectivity index (χ1v) is 13.8. The number of ether oxygens (including phenoxy) is 1. The molecule has 3 aliphatic carbocycles. The molecule has 0 aromatic heterocycles. The zero-order valence-electron chi connectivity index (χ0n) is 21.3. The lowest BCUT2D eigenvalue weighted by Gasteiger charge is -2.42. The summed E-state index contributed by atoms with van der Waals surface area (Å²) in [4.78, 5) is 65.6. The van der Waals surface area contributed by atoms with Gasteiger partial charge in [-0.3, -0.25) is 28.9 Å². The van der Waals surface area contributed by atoms with Crippen molar-refractivity contribution in [1.29, 1.82) is 0 Å². The number of allylic oxidation sites excluding steroid dienone is 6. The van der Waals surface area contributed by atoms with Crippen LogP contribution in [0.5, 0.6) is 11.5 Å². The molecule has 2 N–H and O–H groups in total. The van der Waals surface area contributed by atoms with Gasteiger partial charge in [-0.15, -0.1) is 0 Å². The topological polar surface area (TPSA) is 138 Å². The molecular formula is C29H28BrNO8. The van der Waals surface area contributed by atoms with Gasteiger partial charge in [-0.2, -0.15) is 0 Å². The smallest absolute Gasteiger partial charge is 0.303 e. The van der Waals surface area contributed by atoms with E-state index in [9.17, 15) is 29.1 Å². The van der Waals surface area contributed by atoms with Gasteiger partial charge in [0.1, 0.15) is 0 Å². The highest BCUT2D eigenvalue weighted by Crippen LogP contribution is 2.55. The van der Waals surface area contributed by atoms with E-state index in [2.05, 4.69) is 15.9 Å². The number of phenols is 1. The predicted octanol–water partition coefficient (Wildman–Crippen LogP) is 3.81. The minimum absolute atomic E-state index is 0.0418. The molecule has 4 atom stereocenters. The Balaban J connectivity index is 1.51. The Hall–Kier alpha value is -3.53. The van der Waals surface area contributed by atoms with E-state index in [0.717, 1.165) is 5.57 Å². The third kappa shape index (κ3) is 4.64. The van der Waals surface area contributed by atoms with Crippen molar-refractivity contribution in [2.75, 3.05) is 13.7 Å². The number of carboxylic acids is 1. The molecule has 1 aromatic rings. The predicted molar refractivity (Wildman–Crippen MR) is 142 cm³/mol. The van der Waals surface area contributed by atoms with Crippen LogP contribution >= 0.6 is 15.9 Å². The molecule has 0 spiro atoms. The number of rotatable bonds is 8. The van der Waals surface area contributed by atoms with Crippen molar-refractivity contribution in [3.8, 4) is 11.5 Å². The number of Topliss-reactive ketones (excluding diaryl/α,β-unsaturated/α-hetero) is 1. The lowest BCUT2D eigenvalue weighted by molar-refractivity contribution is -0.141. The first-order chi connectivity index (χ1) is 18.6. The molecule has 1 fully saturated rings. The maximum Gasteiger partial charge on any atom is 0.303 e. The second-order valence-corrected chi connectivity index (χ2v) is 11.2. The molecule has 0 saturated carbocycles. The van der Waals surface area contributed by atoms with Crippen molar-refractivity contribution >= 4 is 45.3 Å². The number of likely N-dealkylation sites (tertiary alicyclic amines) is 1. The maximum absolute atomic E-state index is 13.7. The Bertz CT molecular complexity index is 1390. The summed E-state index contributed by atoms with van der Waals surface area (Å²) in [7, 11) is 1.42. The van der Waals surface area contributed by atoms with Gasteiger partial charge in [0.05, 0.1) is 23.4 Å². The number of fused-ring (bicyclic) bond motifs is 3. The first-order valence-electron chi connectivity index (χ1n) is 13.0. The van der Waals surface area contributed by atoms with E-state index in [-0.39, 0.29) is 58.7 Å². The zero-order valence-corrected chi connectivity index (χ0v) is 22.9. The molecule has 5 rings (SSSR count). The fourth-order valence-electron chi connectivity index (χ4n) is 6.47. The molecule has 1 aliphatic heterocycles. The molecule has 4 aliphatic rings. The third-order valence-electron chi connectivity index (χ3n) is 8.23. The van der Waals surface area contributed by atoms with Gasteiger partial charge in [0.25, 0.3) is 0 Å². The van der Waals surface area contributed by atoms with Crippen molar-refractivity contribution in [2.45, 2.75) is 44.4 Å². The number of nitrogens with zero attached hydrogens (tertiary/aromatic N) is 1. The number of aromatic hydroxyl groups is 1. The van der Waals surface area contributed by atoms with Crippen LogP contribution in [0.4, 0.5) is 0 Å². The van der Waals surface area contributed by atoms with Crippen LogP contribution in [0.25, 0.3) is 0 Å².